The van der Waals surface area contributed by atoms with E-state index >= 15 is 0 Å². The zero-order valence-electron chi connectivity index (χ0n) is 11.5. The minimum atomic E-state index is -0.464. The summed E-state index contributed by atoms with van der Waals surface area (Å²) in [6.07, 6.45) is 4.87. The Morgan fingerprint density at radius 1 is 1.41 bits per heavy atom. The summed E-state index contributed by atoms with van der Waals surface area (Å²) in [7, 11) is 1.72. The molecule has 0 aromatic heterocycles. The molecule has 4 nitrogen and oxygen atoms in total. The van der Waals surface area contributed by atoms with E-state index in [1.807, 2.05) is 27.7 Å². The second kappa shape index (κ2) is 5.07. The molecule has 17 heavy (non-hydrogen) atoms. The first-order valence-electron chi connectivity index (χ1n) is 6.18. The van der Waals surface area contributed by atoms with Gasteiger partial charge < -0.3 is 10.1 Å². The quantitative estimate of drug-likeness (QED) is 0.768. The van der Waals surface area contributed by atoms with Crippen molar-refractivity contribution in [2.24, 2.45) is 10.9 Å². The van der Waals surface area contributed by atoms with Crippen LogP contribution in [-0.2, 0) is 4.74 Å². The highest BCUT2D eigenvalue weighted by Crippen LogP contribution is 2.36. The van der Waals surface area contributed by atoms with E-state index in [0.717, 1.165) is 6.42 Å². The number of rotatable bonds is 4. The molecule has 0 aromatic rings. The van der Waals surface area contributed by atoms with Crippen LogP contribution < -0.4 is 5.32 Å². The third-order valence-electron chi connectivity index (χ3n) is 2.61. The lowest BCUT2D eigenvalue weighted by atomic mass is 9.96. The van der Waals surface area contributed by atoms with Crippen LogP contribution in [0.25, 0.3) is 0 Å². The molecular formula is C13H24N2O2. The van der Waals surface area contributed by atoms with Crippen LogP contribution in [0.1, 0.15) is 47.0 Å². The second-order valence-corrected chi connectivity index (χ2v) is 6.08. The molecule has 1 rings (SSSR count). The first-order chi connectivity index (χ1) is 7.74. The van der Waals surface area contributed by atoms with E-state index < -0.39 is 11.1 Å². The van der Waals surface area contributed by atoms with Crippen LogP contribution in [0.4, 0.5) is 4.79 Å². The summed E-state index contributed by atoms with van der Waals surface area (Å²) in [5.74, 6) is 0.716. The SMILES string of the molecule is CN=CC(C)(CC1CC1)NC(=O)OC(C)(C)C. The van der Waals surface area contributed by atoms with Gasteiger partial charge in [-0.05, 0) is 40.0 Å². The van der Waals surface area contributed by atoms with Gasteiger partial charge in [0.1, 0.15) is 5.60 Å². The van der Waals surface area contributed by atoms with Crippen LogP contribution in [0.3, 0.4) is 0 Å². The fourth-order valence-electron chi connectivity index (χ4n) is 1.88. The number of nitrogens with zero attached hydrogens (tertiary/aromatic N) is 1. The van der Waals surface area contributed by atoms with Crippen LogP contribution in [0.5, 0.6) is 0 Å². The normalized spacial score (nSPS) is 20.1. The maximum absolute atomic E-state index is 11.8. The molecular weight excluding hydrogens is 216 g/mol. The van der Waals surface area contributed by atoms with Crippen molar-refractivity contribution in [1.82, 2.24) is 5.32 Å². The van der Waals surface area contributed by atoms with Crippen molar-refractivity contribution in [3.05, 3.63) is 0 Å². The van der Waals surface area contributed by atoms with E-state index in [4.69, 9.17) is 4.74 Å². The topological polar surface area (TPSA) is 50.7 Å². The van der Waals surface area contributed by atoms with Gasteiger partial charge in [-0.1, -0.05) is 12.8 Å². The first-order valence-corrected chi connectivity index (χ1v) is 6.18. The molecule has 0 aromatic carbocycles. The maximum atomic E-state index is 11.8. The number of carbonyl (C=O) groups excluding carboxylic acids is 1. The van der Waals surface area contributed by atoms with Crippen LogP contribution in [-0.4, -0.2) is 30.5 Å². The fraction of sp³-hybridized carbons (Fsp3) is 0.846. The minimum Gasteiger partial charge on any atom is -0.444 e. The van der Waals surface area contributed by atoms with Gasteiger partial charge in [-0.2, -0.15) is 0 Å². The van der Waals surface area contributed by atoms with Gasteiger partial charge in [0, 0.05) is 13.3 Å². The summed E-state index contributed by atoms with van der Waals surface area (Å²) in [5, 5.41) is 2.91. The lowest BCUT2D eigenvalue weighted by Crippen LogP contribution is -2.49. The number of hydrogen-bond donors (Lipinski definition) is 1. The maximum Gasteiger partial charge on any atom is 0.408 e. The Hall–Kier alpha value is -1.06. The highest BCUT2D eigenvalue weighted by Gasteiger charge is 2.34. The van der Waals surface area contributed by atoms with Crippen molar-refractivity contribution in [1.29, 1.82) is 0 Å². The molecule has 1 atom stereocenters. The Morgan fingerprint density at radius 2 is 2.00 bits per heavy atom. The zero-order valence-corrected chi connectivity index (χ0v) is 11.5. The third-order valence-corrected chi connectivity index (χ3v) is 2.61. The summed E-state index contributed by atoms with van der Waals surface area (Å²) in [5.41, 5.74) is -0.855. The predicted octanol–water partition coefficient (Wildman–Crippen LogP) is 2.77. The Morgan fingerprint density at radius 3 is 2.41 bits per heavy atom. The van der Waals surface area contributed by atoms with E-state index in [1.165, 1.54) is 12.8 Å². The monoisotopic (exact) mass is 240 g/mol. The van der Waals surface area contributed by atoms with Crippen molar-refractivity contribution in [2.75, 3.05) is 7.05 Å². The van der Waals surface area contributed by atoms with Gasteiger partial charge in [0.2, 0.25) is 0 Å². The molecule has 0 bridgehead atoms. The first kappa shape index (κ1) is 14.0. The summed E-state index contributed by atoms with van der Waals surface area (Å²) in [6, 6.07) is 0. The summed E-state index contributed by atoms with van der Waals surface area (Å²) < 4.78 is 5.27. The van der Waals surface area contributed by atoms with E-state index in [9.17, 15) is 4.79 Å². The van der Waals surface area contributed by atoms with Crippen molar-refractivity contribution in [3.8, 4) is 0 Å². The van der Waals surface area contributed by atoms with Crippen LogP contribution in [0.2, 0.25) is 0 Å². The third kappa shape index (κ3) is 5.71. The molecule has 1 N–H and O–H groups in total. The highest BCUT2D eigenvalue weighted by atomic mass is 16.6. The van der Waals surface area contributed by atoms with Crippen molar-refractivity contribution in [3.63, 3.8) is 0 Å². The Balaban J connectivity index is 2.56. The van der Waals surface area contributed by atoms with Crippen molar-refractivity contribution < 1.29 is 9.53 Å². The van der Waals surface area contributed by atoms with Gasteiger partial charge in [0.15, 0.2) is 0 Å². The Bertz CT molecular complexity index is 303. The molecule has 0 radical (unpaired) electrons. The molecule has 1 aliphatic rings. The Labute approximate surface area is 104 Å². The smallest absolute Gasteiger partial charge is 0.408 e. The fourth-order valence-corrected chi connectivity index (χ4v) is 1.88. The molecule has 0 heterocycles. The van der Waals surface area contributed by atoms with E-state index in [0.29, 0.717) is 5.92 Å². The number of carbonyl (C=O) groups is 1. The average molecular weight is 240 g/mol. The molecule has 0 aliphatic heterocycles. The Kier molecular flexibility index (Phi) is 4.17. The molecule has 4 heteroatoms. The van der Waals surface area contributed by atoms with Crippen LogP contribution >= 0.6 is 0 Å². The van der Waals surface area contributed by atoms with Crippen LogP contribution in [0, 0.1) is 5.92 Å². The number of amides is 1. The largest absolute Gasteiger partial charge is 0.444 e. The van der Waals surface area contributed by atoms with Gasteiger partial charge in [0.05, 0.1) is 5.54 Å². The molecule has 1 saturated carbocycles. The lowest BCUT2D eigenvalue weighted by Gasteiger charge is -2.29. The van der Waals surface area contributed by atoms with Gasteiger partial charge >= 0.3 is 6.09 Å². The second-order valence-electron chi connectivity index (χ2n) is 6.08. The van der Waals surface area contributed by atoms with Crippen LogP contribution in [0.15, 0.2) is 4.99 Å². The van der Waals surface area contributed by atoms with Gasteiger partial charge in [-0.15, -0.1) is 0 Å². The number of hydrogen-bond acceptors (Lipinski definition) is 3. The lowest BCUT2D eigenvalue weighted by molar-refractivity contribution is 0.0488. The van der Waals surface area contributed by atoms with E-state index in [2.05, 4.69) is 10.3 Å². The van der Waals surface area contributed by atoms with E-state index in [-0.39, 0.29) is 6.09 Å². The van der Waals surface area contributed by atoms with E-state index in [1.54, 1.807) is 13.3 Å². The number of nitrogens with one attached hydrogen (secondary N) is 1. The standard InChI is InChI=1S/C13H24N2O2/c1-12(2,3)17-11(16)15-13(4,9-14-5)8-10-6-7-10/h9-10H,6-8H2,1-5H3,(H,15,16). The predicted molar refractivity (Wildman–Crippen MR) is 69.5 cm³/mol. The average Bonchev–Trinajstić information content (AvgIpc) is 2.83. The molecule has 98 valence electrons. The molecule has 1 fully saturated rings. The molecule has 1 aliphatic carbocycles. The summed E-state index contributed by atoms with van der Waals surface area (Å²) in [6.45, 7) is 7.57. The number of aliphatic imine (C=N–C) groups is 1. The summed E-state index contributed by atoms with van der Waals surface area (Å²) >= 11 is 0. The van der Waals surface area contributed by atoms with Gasteiger partial charge in [-0.3, -0.25) is 4.99 Å². The molecule has 1 amide bonds. The zero-order chi connectivity index (χ0) is 13.1. The highest BCUT2D eigenvalue weighted by molar-refractivity contribution is 5.78. The number of alkyl carbamates (subject to hydrolysis) is 1. The van der Waals surface area contributed by atoms with Gasteiger partial charge in [-0.25, -0.2) is 4.79 Å². The van der Waals surface area contributed by atoms with Crippen molar-refractivity contribution in [2.45, 2.75) is 58.1 Å². The minimum absolute atomic E-state index is 0.374. The molecule has 1 unspecified atom stereocenters. The van der Waals surface area contributed by atoms with Gasteiger partial charge in [0.25, 0.3) is 0 Å². The number of ether oxygens (including phenoxy) is 1. The van der Waals surface area contributed by atoms with Crippen molar-refractivity contribution >= 4 is 12.3 Å². The molecule has 0 saturated heterocycles. The summed E-state index contributed by atoms with van der Waals surface area (Å²) in [4.78, 5) is 15.8. The molecule has 0 spiro atoms.